The maximum Gasteiger partial charge on any atom is 0.167 e. The molecule has 0 amide bonds. The fourth-order valence-corrected chi connectivity index (χ4v) is 2.10. The first-order valence-corrected chi connectivity index (χ1v) is 6.46. The van der Waals surface area contributed by atoms with Gasteiger partial charge in [0.2, 0.25) is 0 Å². The van der Waals surface area contributed by atoms with Crippen LogP contribution in [0, 0.1) is 5.82 Å². The molecule has 0 aliphatic heterocycles. The van der Waals surface area contributed by atoms with Gasteiger partial charge in [0.15, 0.2) is 11.6 Å². The lowest BCUT2D eigenvalue weighted by atomic mass is 10.2. The lowest BCUT2D eigenvalue weighted by Crippen LogP contribution is -2.01. The Kier molecular flexibility index (Phi) is 4.53. The molecule has 0 heterocycles. The third-order valence-electron chi connectivity index (χ3n) is 2.46. The number of para-hydroxylation sites is 1. The predicted molar refractivity (Wildman–Crippen MR) is 75.8 cm³/mol. The average Bonchev–Trinajstić information content (AvgIpc) is 2.38. The second-order valence-corrected chi connectivity index (χ2v) is 4.95. The van der Waals surface area contributed by atoms with E-state index in [2.05, 4.69) is 0 Å². The molecule has 0 atom stereocenters. The maximum absolute atomic E-state index is 13.8. The number of nitrogens with two attached hydrogens (primary N) is 1. The number of benzene rings is 2. The zero-order chi connectivity index (χ0) is 14.0. The van der Waals surface area contributed by atoms with Crippen LogP contribution in [0.1, 0.15) is 5.56 Å². The van der Waals surface area contributed by atoms with E-state index in [1.807, 2.05) is 0 Å². The summed E-state index contributed by atoms with van der Waals surface area (Å²) in [4.78, 5) is 0. The third kappa shape index (κ3) is 3.12. The highest BCUT2D eigenvalue weighted by Crippen LogP contribution is 2.37. The average molecular weight is 321 g/mol. The summed E-state index contributed by atoms with van der Waals surface area (Å²) < 4.78 is 19.2. The topological polar surface area (TPSA) is 35.2 Å². The van der Waals surface area contributed by atoms with Crippen molar-refractivity contribution in [3.63, 3.8) is 0 Å². The summed E-state index contributed by atoms with van der Waals surface area (Å²) in [5.41, 5.74) is 6.07. The molecule has 19 heavy (non-hydrogen) atoms. The number of rotatable bonds is 3. The predicted octanol–water partition coefficient (Wildman–Crippen LogP) is 5.04. The number of hydrogen-bond acceptors (Lipinski definition) is 2. The van der Waals surface area contributed by atoms with Crippen LogP contribution in [-0.4, -0.2) is 0 Å². The van der Waals surface area contributed by atoms with Gasteiger partial charge in [-0.1, -0.05) is 46.9 Å². The molecule has 100 valence electrons. The highest BCUT2D eigenvalue weighted by molar-refractivity contribution is 6.43. The molecule has 0 radical (unpaired) electrons. The minimum atomic E-state index is -0.523. The quantitative estimate of drug-likeness (QED) is 0.804. The Morgan fingerprint density at radius 2 is 1.74 bits per heavy atom. The van der Waals surface area contributed by atoms with Crippen LogP contribution in [0.4, 0.5) is 4.39 Å². The van der Waals surface area contributed by atoms with Crippen molar-refractivity contribution < 1.29 is 9.13 Å². The Labute approximate surface area is 124 Å². The van der Waals surface area contributed by atoms with Crippen LogP contribution in [0.3, 0.4) is 0 Å². The van der Waals surface area contributed by atoms with E-state index in [1.165, 1.54) is 18.2 Å². The van der Waals surface area contributed by atoms with Crippen LogP contribution in [0.25, 0.3) is 0 Å². The van der Waals surface area contributed by atoms with E-state index in [-0.39, 0.29) is 28.1 Å². The van der Waals surface area contributed by atoms with Gasteiger partial charge in [-0.2, -0.15) is 0 Å². The van der Waals surface area contributed by atoms with E-state index in [0.29, 0.717) is 10.6 Å². The van der Waals surface area contributed by atoms with Gasteiger partial charge in [-0.05, 0) is 12.1 Å². The highest BCUT2D eigenvalue weighted by atomic mass is 35.5. The third-order valence-corrected chi connectivity index (χ3v) is 3.47. The van der Waals surface area contributed by atoms with E-state index in [9.17, 15) is 4.39 Å². The molecule has 2 rings (SSSR count). The first kappa shape index (κ1) is 14.4. The van der Waals surface area contributed by atoms with E-state index >= 15 is 0 Å². The molecule has 0 aromatic heterocycles. The Bertz CT molecular complexity index is 619. The number of hydrogen-bond donors (Lipinski definition) is 1. The Hall–Kier alpha value is -1.000. The van der Waals surface area contributed by atoms with Gasteiger partial charge in [0, 0.05) is 18.2 Å². The summed E-state index contributed by atoms with van der Waals surface area (Å²) in [7, 11) is 0. The van der Waals surface area contributed by atoms with Crippen molar-refractivity contribution in [2.45, 2.75) is 6.54 Å². The smallest absolute Gasteiger partial charge is 0.167 e. The zero-order valence-electron chi connectivity index (χ0n) is 9.59. The molecule has 2 aromatic carbocycles. The van der Waals surface area contributed by atoms with Crippen molar-refractivity contribution in [3.8, 4) is 11.5 Å². The van der Waals surface area contributed by atoms with Gasteiger partial charge in [0.05, 0.1) is 15.1 Å². The lowest BCUT2D eigenvalue weighted by Gasteiger charge is -2.12. The van der Waals surface area contributed by atoms with Gasteiger partial charge in [-0.15, -0.1) is 0 Å². The van der Waals surface area contributed by atoms with E-state index in [4.69, 9.17) is 45.3 Å². The second-order valence-electron chi connectivity index (χ2n) is 3.73. The van der Waals surface area contributed by atoms with Gasteiger partial charge >= 0.3 is 0 Å². The summed E-state index contributed by atoms with van der Waals surface area (Å²) in [5, 5.41) is 0.805. The van der Waals surface area contributed by atoms with Crippen LogP contribution >= 0.6 is 34.8 Å². The normalized spacial score (nSPS) is 10.6. The number of halogens is 4. The van der Waals surface area contributed by atoms with Crippen LogP contribution in [0.15, 0.2) is 30.3 Å². The van der Waals surface area contributed by atoms with Crippen molar-refractivity contribution >= 4 is 34.8 Å². The van der Waals surface area contributed by atoms with Crippen molar-refractivity contribution in [3.05, 3.63) is 56.8 Å². The minimum absolute atomic E-state index is 0.0327. The van der Waals surface area contributed by atoms with Gasteiger partial charge in [0.25, 0.3) is 0 Å². The molecule has 2 nitrogen and oxygen atoms in total. The molecule has 6 heteroatoms. The highest BCUT2D eigenvalue weighted by Gasteiger charge is 2.13. The fourth-order valence-electron chi connectivity index (χ4n) is 1.52. The number of ether oxygens (including phenoxy) is 1. The van der Waals surface area contributed by atoms with Gasteiger partial charge < -0.3 is 10.5 Å². The molecule has 0 aliphatic rings. The summed E-state index contributed by atoms with van der Waals surface area (Å²) in [6.07, 6.45) is 0. The van der Waals surface area contributed by atoms with Crippen molar-refractivity contribution in [2.75, 3.05) is 0 Å². The molecule has 0 unspecified atom stereocenters. The van der Waals surface area contributed by atoms with Crippen molar-refractivity contribution in [1.29, 1.82) is 0 Å². The van der Waals surface area contributed by atoms with Crippen molar-refractivity contribution in [2.24, 2.45) is 5.73 Å². The molecular formula is C13H9Cl3FNO. The van der Waals surface area contributed by atoms with Gasteiger partial charge in [-0.25, -0.2) is 4.39 Å². The van der Waals surface area contributed by atoms with Crippen LogP contribution in [0.2, 0.25) is 15.1 Å². The molecule has 0 saturated heterocycles. The second kappa shape index (κ2) is 5.97. The largest absolute Gasteiger partial charge is 0.452 e. The molecule has 2 N–H and O–H groups in total. The van der Waals surface area contributed by atoms with Gasteiger partial charge in [0.1, 0.15) is 5.75 Å². The molecular weight excluding hydrogens is 312 g/mol. The summed E-state index contributed by atoms with van der Waals surface area (Å²) in [6, 6.07) is 7.37. The molecule has 0 fully saturated rings. The molecule has 0 spiro atoms. The standard InChI is InChI=1S/C13H9Cl3FNO/c14-8-4-10(16)12(5-9(8)15)19-13-7(6-18)2-1-3-11(13)17/h1-5H,6,18H2. The minimum Gasteiger partial charge on any atom is -0.452 e. The Morgan fingerprint density at radius 1 is 1.05 bits per heavy atom. The fraction of sp³-hybridized carbons (Fsp3) is 0.0769. The zero-order valence-corrected chi connectivity index (χ0v) is 11.9. The summed E-state index contributed by atoms with van der Waals surface area (Å²) in [6.45, 7) is 0.145. The van der Waals surface area contributed by atoms with E-state index in [1.54, 1.807) is 12.1 Å². The molecule has 0 aliphatic carbocycles. The molecule has 0 saturated carbocycles. The maximum atomic E-state index is 13.8. The first-order chi connectivity index (χ1) is 9.02. The SMILES string of the molecule is NCc1cccc(F)c1Oc1cc(Cl)c(Cl)cc1Cl. The Morgan fingerprint density at radius 3 is 2.42 bits per heavy atom. The van der Waals surface area contributed by atoms with E-state index in [0.717, 1.165) is 0 Å². The molecule has 2 aromatic rings. The monoisotopic (exact) mass is 319 g/mol. The summed E-state index contributed by atoms with van der Waals surface area (Å²) >= 11 is 17.7. The summed E-state index contributed by atoms with van der Waals surface area (Å²) in [5.74, 6) is -0.272. The van der Waals surface area contributed by atoms with Crippen LogP contribution in [0.5, 0.6) is 11.5 Å². The van der Waals surface area contributed by atoms with Crippen LogP contribution in [-0.2, 0) is 6.54 Å². The lowest BCUT2D eigenvalue weighted by molar-refractivity contribution is 0.436. The van der Waals surface area contributed by atoms with Gasteiger partial charge in [-0.3, -0.25) is 0 Å². The van der Waals surface area contributed by atoms with E-state index < -0.39 is 5.82 Å². The molecule has 0 bridgehead atoms. The van der Waals surface area contributed by atoms with Crippen molar-refractivity contribution in [1.82, 2.24) is 0 Å². The van der Waals surface area contributed by atoms with Crippen LogP contribution < -0.4 is 10.5 Å². The first-order valence-electron chi connectivity index (χ1n) is 5.32. The Balaban J connectivity index is 2.44.